The molecule has 0 aromatic carbocycles. The van der Waals surface area contributed by atoms with Gasteiger partial charge in [-0.15, -0.1) is 0 Å². The second-order valence-electron chi connectivity index (χ2n) is 2.49. The summed E-state index contributed by atoms with van der Waals surface area (Å²) in [6, 6.07) is 0. The van der Waals surface area contributed by atoms with Gasteiger partial charge in [-0.3, -0.25) is 4.99 Å². The van der Waals surface area contributed by atoms with E-state index < -0.39 is 6.10 Å². The van der Waals surface area contributed by atoms with Crippen molar-refractivity contribution in [2.24, 2.45) is 22.4 Å². The summed E-state index contributed by atoms with van der Waals surface area (Å²) < 4.78 is 0. The first kappa shape index (κ1) is 10.2. The summed E-state index contributed by atoms with van der Waals surface area (Å²) in [4.78, 5) is 3.60. The zero-order valence-corrected chi connectivity index (χ0v) is 6.57. The molecular weight excluding hydrogens is 146 g/mol. The van der Waals surface area contributed by atoms with Gasteiger partial charge in [0.05, 0.1) is 12.6 Å². The maximum Gasteiger partial charge on any atom is 0.185 e. The molecule has 0 spiro atoms. The van der Waals surface area contributed by atoms with Crippen LogP contribution in [0.2, 0.25) is 0 Å². The molecule has 0 aliphatic carbocycles. The molecule has 0 amide bonds. The number of aliphatic hydroxyl groups is 2. The lowest BCUT2D eigenvalue weighted by Crippen LogP contribution is -2.28. The normalized spacial score (nSPS) is 15.5. The lowest BCUT2D eigenvalue weighted by atomic mass is 10.1. The fourth-order valence-electron chi connectivity index (χ4n) is 0.501. The molecule has 11 heavy (non-hydrogen) atoms. The van der Waals surface area contributed by atoms with E-state index in [9.17, 15) is 5.11 Å². The number of nitrogens with zero attached hydrogens (tertiary/aromatic N) is 1. The highest BCUT2D eigenvalue weighted by molar-refractivity contribution is 5.75. The molecule has 0 aliphatic rings. The first-order valence-electron chi connectivity index (χ1n) is 3.42. The van der Waals surface area contributed by atoms with E-state index in [0.29, 0.717) is 0 Å². The first-order chi connectivity index (χ1) is 5.07. The summed E-state index contributed by atoms with van der Waals surface area (Å²) in [5.41, 5.74) is 10.1. The predicted molar refractivity (Wildman–Crippen MR) is 42.9 cm³/mol. The number of aliphatic imine (C=N–C) groups is 1. The number of aliphatic hydroxyl groups excluding tert-OH is 2. The number of rotatable bonds is 4. The van der Waals surface area contributed by atoms with Crippen molar-refractivity contribution in [1.29, 1.82) is 0 Å². The van der Waals surface area contributed by atoms with Crippen molar-refractivity contribution in [3.63, 3.8) is 0 Å². The molecule has 5 heteroatoms. The zero-order valence-electron chi connectivity index (χ0n) is 6.57. The monoisotopic (exact) mass is 161 g/mol. The van der Waals surface area contributed by atoms with Crippen molar-refractivity contribution in [3.8, 4) is 0 Å². The third kappa shape index (κ3) is 4.58. The van der Waals surface area contributed by atoms with Crippen LogP contribution in [0.3, 0.4) is 0 Å². The minimum absolute atomic E-state index is 0.0470. The van der Waals surface area contributed by atoms with E-state index in [1.807, 2.05) is 0 Å². The fourth-order valence-corrected chi connectivity index (χ4v) is 0.501. The largest absolute Gasteiger partial charge is 0.396 e. The van der Waals surface area contributed by atoms with Gasteiger partial charge in [0.1, 0.15) is 0 Å². The van der Waals surface area contributed by atoms with Crippen molar-refractivity contribution >= 4 is 5.96 Å². The minimum atomic E-state index is -0.679. The number of hydrogen-bond donors (Lipinski definition) is 4. The quantitative estimate of drug-likeness (QED) is 0.290. The first-order valence-corrected chi connectivity index (χ1v) is 3.42. The van der Waals surface area contributed by atoms with E-state index in [2.05, 4.69) is 4.99 Å². The van der Waals surface area contributed by atoms with Crippen LogP contribution in [-0.4, -0.2) is 35.4 Å². The fraction of sp³-hybridized carbons (Fsp3) is 0.833. The van der Waals surface area contributed by atoms with Gasteiger partial charge in [0.25, 0.3) is 0 Å². The van der Waals surface area contributed by atoms with Crippen LogP contribution >= 0.6 is 0 Å². The molecule has 0 bridgehead atoms. The average molecular weight is 161 g/mol. The Morgan fingerprint density at radius 2 is 2.09 bits per heavy atom. The molecule has 6 N–H and O–H groups in total. The molecule has 0 aromatic heterocycles. The Hall–Kier alpha value is -0.810. The number of nitrogens with two attached hydrogens (primary N) is 2. The van der Waals surface area contributed by atoms with Gasteiger partial charge >= 0.3 is 0 Å². The Bertz CT molecular complexity index is 134. The van der Waals surface area contributed by atoms with E-state index in [1.54, 1.807) is 6.92 Å². The Balaban J connectivity index is 3.68. The van der Waals surface area contributed by atoms with Gasteiger partial charge in [-0.2, -0.15) is 0 Å². The molecule has 5 nitrogen and oxygen atoms in total. The van der Waals surface area contributed by atoms with Crippen molar-refractivity contribution < 1.29 is 10.2 Å². The van der Waals surface area contributed by atoms with E-state index in [0.717, 1.165) is 0 Å². The summed E-state index contributed by atoms with van der Waals surface area (Å²) in [6.45, 7) is 1.79. The SMILES string of the molecule is CC(CO)C(O)CN=C(N)N. The third-order valence-electron chi connectivity index (χ3n) is 1.41. The highest BCUT2D eigenvalue weighted by atomic mass is 16.3. The molecule has 2 atom stereocenters. The molecule has 0 rings (SSSR count). The van der Waals surface area contributed by atoms with Crippen molar-refractivity contribution in [2.75, 3.05) is 13.2 Å². The van der Waals surface area contributed by atoms with Crippen LogP contribution in [0.25, 0.3) is 0 Å². The van der Waals surface area contributed by atoms with E-state index in [1.165, 1.54) is 0 Å². The van der Waals surface area contributed by atoms with Crippen LogP contribution in [0, 0.1) is 5.92 Å². The van der Waals surface area contributed by atoms with Crippen LogP contribution in [-0.2, 0) is 0 Å². The van der Waals surface area contributed by atoms with Crippen molar-refractivity contribution in [2.45, 2.75) is 13.0 Å². The van der Waals surface area contributed by atoms with Gasteiger partial charge in [0.2, 0.25) is 0 Å². The zero-order chi connectivity index (χ0) is 8.85. The summed E-state index contributed by atoms with van der Waals surface area (Å²) in [5.74, 6) is -0.243. The molecule has 0 saturated heterocycles. The van der Waals surface area contributed by atoms with Gasteiger partial charge in [-0.1, -0.05) is 6.92 Å². The standard InChI is InChI=1S/C6H15N3O2/c1-4(3-10)5(11)2-9-6(7)8/h4-5,10-11H,2-3H2,1H3,(H4,7,8,9). The van der Waals surface area contributed by atoms with Crippen LogP contribution in [0.5, 0.6) is 0 Å². The summed E-state index contributed by atoms with van der Waals surface area (Å²) in [5, 5.41) is 17.8. The van der Waals surface area contributed by atoms with E-state index in [4.69, 9.17) is 16.6 Å². The van der Waals surface area contributed by atoms with Crippen molar-refractivity contribution in [1.82, 2.24) is 0 Å². The van der Waals surface area contributed by atoms with Gasteiger partial charge in [0, 0.05) is 12.5 Å². The minimum Gasteiger partial charge on any atom is -0.396 e. The Morgan fingerprint density at radius 1 is 1.55 bits per heavy atom. The molecular formula is C6H15N3O2. The number of guanidine groups is 1. The lowest BCUT2D eigenvalue weighted by Gasteiger charge is -2.13. The Morgan fingerprint density at radius 3 is 2.45 bits per heavy atom. The molecule has 0 saturated carbocycles. The van der Waals surface area contributed by atoms with Crippen LogP contribution in [0.4, 0.5) is 0 Å². The molecule has 2 unspecified atom stereocenters. The van der Waals surface area contributed by atoms with Gasteiger partial charge < -0.3 is 21.7 Å². The van der Waals surface area contributed by atoms with Crippen LogP contribution < -0.4 is 11.5 Å². The number of hydrogen-bond acceptors (Lipinski definition) is 3. The highest BCUT2D eigenvalue weighted by Gasteiger charge is 2.11. The topological polar surface area (TPSA) is 105 Å². The van der Waals surface area contributed by atoms with Gasteiger partial charge in [-0.25, -0.2) is 0 Å². The maximum absolute atomic E-state index is 9.19. The Labute approximate surface area is 65.7 Å². The van der Waals surface area contributed by atoms with Crippen LogP contribution in [0.15, 0.2) is 4.99 Å². The lowest BCUT2D eigenvalue weighted by molar-refractivity contribution is 0.0839. The molecule has 0 heterocycles. The summed E-state index contributed by atoms with van der Waals surface area (Å²) in [6.07, 6.45) is -0.679. The smallest absolute Gasteiger partial charge is 0.185 e. The van der Waals surface area contributed by atoms with E-state index >= 15 is 0 Å². The second kappa shape index (κ2) is 4.92. The molecule has 0 fully saturated rings. The average Bonchev–Trinajstić information content (AvgIpc) is 1.98. The molecule has 0 aromatic rings. The molecule has 0 radical (unpaired) electrons. The molecule has 0 aliphatic heterocycles. The molecule has 66 valence electrons. The van der Waals surface area contributed by atoms with Crippen LogP contribution in [0.1, 0.15) is 6.92 Å². The maximum atomic E-state index is 9.19. The van der Waals surface area contributed by atoms with Crippen molar-refractivity contribution in [3.05, 3.63) is 0 Å². The second-order valence-corrected chi connectivity index (χ2v) is 2.49. The third-order valence-corrected chi connectivity index (χ3v) is 1.41. The van der Waals surface area contributed by atoms with E-state index in [-0.39, 0.29) is 25.0 Å². The predicted octanol–water partition coefficient (Wildman–Crippen LogP) is -1.75. The van der Waals surface area contributed by atoms with Gasteiger partial charge in [-0.05, 0) is 0 Å². The summed E-state index contributed by atoms with van der Waals surface area (Å²) in [7, 11) is 0. The highest BCUT2D eigenvalue weighted by Crippen LogP contribution is 2.00. The van der Waals surface area contributed by atoms with Gasteiger partial charge in [0.15, 0.2) is 5.96 Å². The summed E-state index contributed by atoms with van der Waals surface area (Å²) >= 11 is 0. The Kier molecular flexibility index (Phi) is 4.56.